The molecule has 0 radical (unpaired) electrons. The summed E-state index contributed by atoms with van der Waals surface area (Å²) >= 11 is 5.53. The molecular weight excluding hydrogens is 202 g/mol. The molecule has 1 aromatic rings. The van der Waals surface area contributed by atoms with E-state index in [2.05, 4.69) is 26.0 Å². The molecule has 6 heteroatoms. The quantitative estimate of drug-likeness (QED) is 0.726. The Morgan fingerprint density at radius 1 is 1.36 bits per heavy atom. The summed E-state index contributed by atoms with van der Waals surface area (Å²) in [6.45, 7) is 4.74. The molecule has 0 aliphatic heterocycles. The van der Waals surface area contributed by atoms with Gasteiger partial charge in [-0.2, -0.15) is 0 Å². The molecule has 0 saturated heterocycles. The molecule has 0 aliphatic rings. The van der Waals surface area contributed by atoms with Crippen molar-refractivity contribution in [2.45, 2.75) is 19.9 Å². The van der Waals surface area contributed by atoms with Crippen LogP contribution in [0, 0.1) is 0 Å². The smallest absolute Gasteiger partial charge is 0.154 e. The van der Waals surface area contributed by atoms with Gasteiger partial charge in [-0.15, -0.1) is 21.8 Å². The lowest BCUT2D eigenvalue weighted by Crippen LogP contribution is -2.13. The van der Waals surface area contributed by atoms with Gasteiger partial charge in [-0.05, 0) is 19.1 Å². The number of rotatable bonds is 5. The van der Waals surface area contributed by atoms with Crippen LogP contribution in [0.3, 0.4) is 0 Å². The molecule has 0 aromatic carbocycles. The molecule has 0 fully saturated rings. The van der Waals surface area contributed by atoms with Crippen LogP contribution in [0.25, 0.3) is 0 Å². The fourth-order valence-electron chi connectivity index (χ4n) is 0.934. The van der Waals surface area contributed by atoms with Crippen LogP contribution >= 0.6 is 11.6 Å². The van der Waals surface area contributed by atoms with Crippen molar-refractivity contribution in [2.24, 2.45) is 0 Å². The molecule has 0 atom stereocenters. The molecule has 1 rings (SSSR count). The first kappa shape index (κ1) is 11.0. The summed E-state index contributed by atoms with van der Waals surface area (Å²) in [5, 5.41) is 17.4. The first-order chi connectivity index (χ1) is 6.72. The molecule has 0 unspecified atom stereocenters. The van der Waals surface area contributed by atoms with Gasteiger partial charge >= 0.3 is 0 Å². The Morgan fingerprint density at radius 3 is 2.71 bits per heavy atom. The highest BCUT2D eigenvalue weighted by Crippen LogP contribution is 2.07. The average Bonchev–Trinajstić information content (AvgIpc) is 2.14. The fourth-order valence-corrected chi connectivity index (χ4v) is 1.03. The maximum atomic E-state index is 5.53. The highest BCUT2D eigenvalue weighted by molar-refractivity contribution is 6.18. The molecule has 5 nitrogen and oxygen atoms in total. The van der Waals surface area contributed by atoms with Gasteiger partial charge in [0.1, 0.15) is 0 Å². The maximum absolute atomic E-state index is 5.53. The monoisotopic (exact) mass is 215 g/mol. The van der Waals surface area contributed by atoms with E-state index in [0.29, 0.717) is 30.1 Å². The van der Waals surface area contributed by atoms with Crippen molar-refractivity contribution in [1.29, 1.82) is 0 Å². The average molecular weight is 216 g/mol. The van der Waals surface area contributed by atoms with E-state index in [1.165, 1.54) is 0 Å². The Bertz CT molecular complexity index is 278. The number of anilines is 2. The van der Waals surface area contributed by atoms with E-state index in [1.807, 2.05) is 13.8 Å². The number of alkyl halides is 1. The Hall–Kier alpha value is -1.10. The van der Waals surface area contributed by atoms with E-state index < -0.39 is 0 Å². The Morgan fingerprint density at radius 2 is 2.07 bits per heavy atom. The van der Waals surface area contributed by atoms with Crippen LogP contribution in [0.15, 0.2) is 6.07 Å². The predicted molar refractivity (Wildman–Crippen MR) is 57.8 cm³/mol. The van der Waals surface area contributed by atoms with Crippen molar-refractivity contribution in [1.82, 2.24) is 15.4 Å². The Balaban J connectivity index is 2.59. The third-order valence-corrected chi connectivity index (χ3v) is 1.60. The number of aromatic nitrogens is 3. The summed E-state index contributed by atoms with van der Waals surface area (Å²) in [5.74, 6) is 1.94. The molecule has 78 valence electrons. The van der Waals surface area contributed by atoms with Gasteiger partial charge in [0, 0.05) is 24.5 Å². The molecule has 0 amide bonds. The van der Waals surface area contributed by atoms with Crippen molar-refractivity contribution in [2.75, 3.05) is 23.1 Å². The SMILES string of the molecule is CC(C)Nc1cc(NCCCl)nnn1. The molecule has 1 heterocycles. The normalized spacial score (nSPS) is 10.3. The lowest BCUT2D eigenvalue weighted by Gasteiger charge is -2.08. The van der Waals surface area contributed by atoms with Gasteiger partial charge in [-0.1, -0.05) is 0 Å². The second-order valence-corrected chi connectivity index (χ2v) is 3.50. The van der Waals surface area contributed by atoms with Gasteiger partial charge in [0.05, 0.1) is 0 Å². The first-order valence-corrected chi connectivity index (χ1v) is 5.02. The number of nitrogens with one attached hydrogen (secondary N) is 2. The van der Waals surface area contributed by atoms with Gasteiger partial charge in [-0.3, -0.25) is 0 Å². The van der Waals surface area contributed by atoms with E-state index in [1.54, 1.807) is 6.07 Å². The highest BCUT2D eigenvalue weighted by atomic mass is 35.5. The highest BCUT2D eigenvalue weighted by Gasteiger charge is 2.00. The lowest BCUT2D eigenvalue weighted by molar-refractivity contribution is 0.829. The summed E-state index contributed by atoms with van der Waals surface area (Å²) in [4.78, 5) is 0. The maximum Gasteiger partial charge on any atom is 0.154 e. The summed E-state index contributed by atoms with van der Waals surface area (Å²) in [5.41, 5.74) is 0. The number of halogens is 1. The van der Waals surface area contributed by atoms with Crippen molar-refractivity contribution < 1.29 is 0 Å². The Kier molecular flexibility index (Phi) is 4.39. The van der Waals surface area contributed by atoms with Gasteiger partial charge in [0.15, 0.2) is 11.6 Å². The minimum atomic E-state index is 0.326. The van der Waals surface area contributed by atoms with Gasteiger partial charge < -0.3 is 10.6 Å². The van der Waals surface area contributed by atoms with Crippen LogP contribution < -0.4 is 10.6 Å². The molecular formula is C8H14ClN5. The standard InChI is InChI=1S/C8H14ClN5/c1-6(2)11-8-5-7(10-4-3-9)12-14-13-8/h5-6H,3-4H2,1-2H3,(H2,10,11,12,13). The van der Waals surface area contributed by atoms with Crippen LogP contribution in [0.1, 0.15) is 13.8 Å². The molecule has 0 aliphatic carbocycles. The molecule has 1 aromatic heterocycles. The van der Waals surface area contributed by atoms with Gasteiger partial charge in [-0.25, -0.2) is 0 Å². The van der Waals surface area contributed by atoms with E-state index in [0.717, 1.165) is 0 Å². The van der Waals surface area contributed by atoms with Crippen molar-refractivity contribution >= 4 is 23.2 Å². The third-order valence-electron chi connectivity index (χ3n) is 1.42. The lowest BCUT2D eigenvalue weighted by atomic mass is 10.4. The Labute approximate surface area is 88.3 Å². The summed E-state index contributed by atoms with van der Waals surface area (Å²) < 4.78 is 0. The van der Waals surface area contributed by atoms with E-state index in [4.69, 9.17) is 11.6 Å². The molecule has 14 heavy (non-hydrogen) atoms. The van der Waals surface area contributed by atoms with Crippen LogP contribution in [-0.2, 0) is 0 Å². The predicted octanol–water partition coefficient (Wildman–Crippen LogP) is 1.34. The van der Waals surface area contributed by atoms with Crippen molar-refractivity contribution in [3.8, 4) is 0 Å². The molecule has 0 spiro atoms. The van der Waals surface area contributed by atoms with Crippen molar-refractivity contribution in [3.63, 3.8) is 0 Å². The van der Waals surface area contributed by atoms with Crippen LogP contribution in [-0.4, -0.2) is 33.9 Å². The number of nitrogens with zero attached hydrogens (tertiary/aromatic N) is 3. The van der Waals surface area contributed by atoms with E-state index >= 15 is 0 Å². The minimum absolute atomic E-state index is 0.326. The number of hydrogen-bond acceptors (Lipinski definition) is 5. The van der Waals surface area contributed by atoms with Crippen LogP contribution in [0.4, 0.5) is 11.6 Å². The van der Waals surface area contributed by atoms with Crippen LogP contribution in [0.2, 0.25) is 0 Å². The largest absolute Gasteiger partial charge is 0.367 e. The van der Waals surface area contributed by atoms with Gasteiger partial charge in [0.2, 0.25) is 0 Å². The summed E-state index contributed by atoms with van der Waals surface area (Å²) in [7, 11) is 0. The topological polar surface area (TPSA) is 62.7 Å². The molecule has 0 bridgehead atoms. The zero-order valence-electron chi connectivity index (χ0n) is 8.29. The zero-order valence-corrected chi connectivity index (χ0v) is 9.04. The van der Waals surface area contributed by atoms with Crippen LogP contribution in [0.5, 0.6) is 0 Å². The third kappa shape index (κ3) is 3.74. The van der Waals surface area contributed by atoms with E-state index in [-0.39, 0.29) is 0 Å². The number of hydrogen-bond donors (Lipinski definition) is 2. The second-order valence-electron chi connectivity index (χ2n) is 3.12. The molecule has 2 N–H and O–H groups in total. The first-order valence-electron chi connectivity index (χ1n) is 4.49. The minimum Gasteiger partial charge on any atom is -0.367 e. The second kappa shape index (κ2) is 5.59. The van der Waals surface area contributed by atoms with Crippen molar-refractivity contribution in [3.05, 3.63) is 6.07 Å². The fraction of sp³-hybridized carbons (Fsp3) is 0.625. The summed E-state index contributed by atoms with van der Waals surface area (Å²) in [6, 6.07) is 2.13. The van der Waals surface area contributed by atoms with Gasteiger partial charge in [0.25, 0.3) is 0 Å². The van der Waals surface area contributed by atoms with E-state index in [9.17, 15) is 0 Å². The molecule has 0 saturated carbocycles. The summed E-state index contributed by atoms with van der Waals surface area (Å²) in [6.07, 6.45) is 0. The zero-order chi connectivity index (χ0) is 10.4.